The maximum atomic E-state index is 12.5. The molecule has 0 saturated carbocycles. The molecule has 0 aliphatic carbocycles. The van der Waals surface area contributed by atoms with Crippen molar-refractivity contribution in [2.24, 2.45) is 0 Å². The first-order valence-electron chi connectivity index (χ1n) is 19.3. The molecule has 16 nitrogen and oxygen atoms in total. The number of aromatic nitrogens is 2. The Morgan fingerprint density at radius 1 is 0.618 bits per heavy atom. The number of unbranched alkanes of at least 4 members (excludes halogenated alkanes) is 6. The minimum absolute atomic E-state index is 0.0469. The monoisotopic (exact) mass is 769 g/mol. The summed E-state index contributed by atoms with van der Waals surface area (Å²) in [5.74, 6) is -3.95. The molecule has 0 radical (unpaired) electrons. The number of aliphatic carboxylic acids is 3. The lowest BCUT2D eigenvalue weighted by molar-refractivity contribution is -0.141. The van der Waals surface area contributed by atoms with Crippen molar-refractivity contribution in [1.29, 1.82) is 0 Å². The molecule has 3 unspecified atom stereocenters. The number of hydrogen-bond donors (Lipinski definition) is 7. The van der Waals surface area contributed by atoms with Crippen molar-refractivity contribution in [2.45, 2.75) is 134 Å². The fourth-order valence-corrected chi connectivity index (χ4v) is 5.89. The van der Waals surface area contributed by atoms with Crippen LogP contribution < -0.4 is 21.3 Å². The Hall–Kier alpha value is -5.12. The number of nitrogens with zero attached hydrogens (tertiary/aromatic N) is 3. The number of urea groups is 1. The van der Waals surface area contributed by atoms with Crippen LogP contribution in [-0.4, -0.2) is 97.2 Å². The van der Waals surface area contributed by atoms with E-state index in [4.69, 9.17) is 10.2 Å². The van der Waals surface area contributed by atoms with Crippen molar-refractivity contribution in [3.8, 4) is 0 Å². The maximum absolute atomic E-state index is 12.5. The molecule has 7 N–H and O–H groups in total. The average molecular weight is 770 g/mol. The van der Waals surface area contributed by atoms with Gasteiger partial charge in [0.15, 0.2) is 0 Å². The van der Waals surface area contributed by atoms with Gasteiger partial charge in [0.1, 0.15) is 12.1 Å². The van der Waals surface area contributed by atoms with Gasteiger partial charge >= 0.3 is 23.9 Å². The third kappa shape index (κ3) is 22.6. The number of carboxylic acid groups (broad SMARTS) is 3. The minimum atomic E-state index is -1.47. The van der Waals surface area contributed by atoms with E-state index < -0.39 is 42.4 Å². The molecule has 0 fully saturated rings. The van der Waals surface area contributed by atoms with Crippen LogP contribution in [0.4, 0.5) is 4.79 Å². The van der Waals surface area contributed by atoms with Gasteiger partial charge in [-0.3, -0.25) is 29.3 Å². The number of carbonyl (C=O) groups excluding carboxylic acids is 3. The van der Waals surface area contributed by atoms with Crippen molar-refractivity contribution in [1.82, 2.24) is 36.1 Å². The molecule has 0 aromatic carbocycles. The zero-order valence-corrected chi connectivity index (χ0v) is 31.9. The summed E-state index contributed by atoms with van der Waals surface area (Å²) in [4.78, 5) is 81.6. The standard InChI is InChI=1S/C39H59N7O9/c1-29(15-10-14-26-46(27-30-16-8-12-23-40-30)28-31-17-9-13-24-41-31)43-35(48)20-7-3-2-6-19-34(47)42-25-11-4-5-18-32(37(51)52)44-39(55)45-33(38(53)54)21-22-36(49)50/h8-9,12-13,16-17,23-24,29,32-33H,2-7,10-11,14-15,18-22,25-28H2,1H3,(H,42,47)(H,43,48)(H,49,50)(H,51,52)(H,53,54)(H2,44,45,55). The second-order valence-corrected chi connectivity index (χ2v) is 13.8. The zero-order valence-electron chi connectivity index (χ0n) is 31.9. The van der Waals surface area contributed by atoms with Crippen molar-refractivity contribution in [2.75, 3.05) is 13.1 Å². The molecule has 16 heteroatoms. The normalized spacial score (nSPS) is 12.6. The van der Waals surface area contributed by atoms with Gasteiger partial charge in [-0.25, -0.2) is 14.4 Å². The van der Waals surface area contributed by atoms with Crippen LogP contribution in [0, 0.1) is 0 Å². The van der Waals surface area contributed by atoms with Crippen LogP contribution in [0.25, 0.3) is 0 Å². The van der Waals surface area contributed by atoms with E-state index in [0.717, 1.165) is 69.5 Å². The van der Waals surface area contributed by atoms with Gasteiger partial charge in [-0.2, -0.15) is 0 Å². The first-order valence-corrected chi connectivity index (χ1v) is 19.3. The Bertz CT molecular complexity index is 1410. The Morgan fingerprint density at radius 2 is 1.16 bits per heavy atom. The maximum Gasteiger partial charge on any atom is 0.326 e. The lowest BCUT2D eigenvalue weighted by Crippen LogP contribution is -2.51. The molecule has 2 rings (SSSR count). The lowest BCUT2D eigenvalue weighted by Gasteiger charge is -2.22. The van der Waals surface area contributed by atoms with E-state index in [1.807, 2.05) is 55.7 Å². The molecule has 2 aromatic heterocycles. The van der Waals surface area contributed by atoms with Gasteiger partial charge < -0.3 is 36.6 Å². The number of carboxylic acids is 3. The van der Waals surface area contributed by atoms with Gasteiger partial charge in [0, 0.05) is 57.3 Å². The highest BCUT2D eigenvalue weighted by molar-refractivity contribution is 5.86. The van der Waals surface area contributed by atoms with Crippen LogP contribution in [0.15, 0.2) is 48.8 Å². The first kappa shape index (κ1) is 46.0. The Labute approximate surface area is 323 Å². The highest BCUT2D eigenvalue weighted by Gasteiger charge is 2.24. The van der Waals surface area contributed by atoms with Gasteiger partial charge in [0.05, 0.1) is 11.4 Å². The number of nitrogens with one attached hydrogen (secondary N) is 4. The largest absolute Gasteiger partial charge is 0.481 e. The summed E-state index contributed by atoms with van der Waals surface area (Å²) in [5, 5.41) is 37.6. The van der Waals surface area contributed by atoms with Crippen molar-refractivity contribution >= 4 is 35.8 Å². The second-order valence-electron chi connectivity index (χ2n) is 13.8. The van der Waals surface area contributed by atoms with E-state index in [2.05, 4.69) is 36.1 Å². The van der Waals surface area contributed by atoms with Gasteiger partial charge in [-0.1, -0.05) is 44.2 Å². The van der Waals surface area contributed by atoms with E-state index in [9.17, 15) is 33.9 Å². The molecule has 2 aromatic rings. The summed E-state index contributed by atoms with van der Waals surface area (Å²) in [7, 11) is 0. The van der Waals surface area contributed by atoms with Gasteiger partial charge in [0.2, 0.25) is 11.8 Å². The molecule has 4 amide bonds. The predicted molar refractivity (Wildman–Crippen MR) is 205 cm³/mol. The molecule has 55 heavy (non-hydrogen) atoms. The molecule has 2 heterocycles. The second kappa shape index (κ2) is 27.5. The summed E-state index contributed by atoms with van der Waals surface area (Å²) in [5.41, 5.74) is 2.05. The number of amides is 4. The summed E-state index contributed by atoms with van der Waals surface area (Å²) in [6.45, 7) is 4.88. The van der Waals surface area contributed by atoms with Crippen LogP contribution in [0.5, 0.6) is 0 Å². The Balaban J connectivity index is 1.50. The first-order chi connectivity index (χ1) is 26.4. The number of pyridine rings is 2. The van der Waals surface area contributed by atoms with E-state index in [1.165, 1.54) is 0 Å². The third-order valence-electron chi connectivity index (χ3n) is 8.90. The summed E-state index contributed by atoms with van der Waals surface area (Å²) in [6.07, 6.45) is 11.5. The minimum Gasteiger partial charge on any atom is -0.481 e. The quantitative estimate of drug-likeness (QED) is 0.0552. The number of hydrogen-bond acceptors (Lipinski definition) is 9. The fourth-order valence-electron chi connectivity index (χ4n) is 5.89. The van der Waals surface area contributed by atoms with E-state index in [-0.39, 0.29) is 30.7 Å². The molecular formula is C39H59N7O9. The number of rotatable bonds is 30. The van der Waals surface area contributed by atoms with Crippen molar-refractivity contribution in [3.05, 3.63) is 60.2 Å². The fraction of sp³-hybridized carbons (Fsp3) is 0.590. The molecule has 3 atom stereocenters. The third-order valence-corrected chi connectivity index (χ3v) is 8.90. The van der Waals surface area contributed by atoms with Crippen molar-refractivity contribution in [3.63, 3.8) is 0 Å². The molecule has 0 bridgehead atoms. The SMILES string of the molecule is CC(CCCCN(Cc1ccccn1)Cc1ccccn1)NC(=O)CCCCCCC(=O)NCCCCCC(NC(=O)NC(CCC(=O)O)C(=O)O)C(=O)O. The van der Waals surface area contributed by atoms with Gasteiger partial charge in [-0.15, -0.1) is 0 Å². The lowest BCUT2D eigenvalue weighted by atomic mass is 10.1. The van der Waals surface area contributed by atoms with E-state index in [0.29, 0.717) is 45.1 Å². The Kier molecular flexibility index (Phi) is 23.0. The van der Waals surface area contributed by atoms with Crippen LogP contribution in [0.3, 0.4) is 0 Å². The molecule has 304 valence electrons. The topological polar surface area (TPSA) is 240 Å². The van der Waals surface area contributed by atoms with Crippen LogP contribution in [0.1, 0.15) is 115 Å². The summed E-state index contributed by atoms with van der Waals surface area (Å²) < 4.78 is 0. The number of carbonyl (C=O) groups is 6. The van der Waals surface area contributed by atoms with Crippen LogP contribution >= 0.6 is 0 Å². The molecule has 0 aliphatic heterocycles. The summed E-state index contributed by atoms with van der Waals surface area (Å²) in [6, 6.07) is 8.26. The molecule has 0 aliphatic rings. The molecular weight excluding hydrogens is 710 g/mol. The molecule has 0 saturated heterocycles. The van der Waals surface area contributed by atoms with E-state index >= 15 is 0 Å². The van der Waals surface area contributed by atoms with E-state index in [1.54, 1.807) is 0 Å². The zero-order chi connectivity index (χ0) is 40.3. The van der Waals surface area contributed by atoms with Gasteiger partial charge in [-0.05, 0) is 82.7 Å². The van der Waals surface area contributed by atoms with Crippen LogP contribution in [-0.2, 0) is 37.1 Å². The highest BCUT2D eigenvalue weighted by atomic mass is 16.4. The predicted octanol–water partition coefficient (Wildman–Crippen LogP) is 4.24. The average Bonchev–Trinajstić information content (AvgIpc) is 3.14. The smallest absolute Gasteiger partial charge is 0.326 e. The van der Waals surface area contributed by atoms with Crippen molar-refractivity contribution < 1.29 is 44.1 Å². The van der Waals surface area contributed by atoms with Crippen LogP contribution in [0.2, 0.25) is 0 Å². The summed E-state index contributed by atoms with van der Waals surface area (Å²) >= 11 is 0. The Morgan fingerprint density at radius 3 is 1.71 bits per heavy atom. The van der Waals surface area contributed by atoms with Gasteiger partial charge in [0.25, 0.3) is 0 Å². The molecule has 0 spiro atoms. The highest BCUT2D eigenvalue weighted by Crippen LogP contribution is 2.11.